The van der Waals surface area contributed by atoms with Gasteiger partial charge in [0, 0.05) is 18.3 Å². The van der Waals surface area contributed by atoms with Crippen LogP contribution in [0.5, 0.6) is 11.5 Å². The Balaban J connectivity index is 1.64. The molecule has 1 amide bonds. The van der Waals surface area contributed by atoms with E-state index in [-0.39, 0.29) is 11.9 Å². The monoisotopic (exact) mass is 346 g/mol. The van der Waals surface area contributed by atoms with Crippen LogP contribution < -0.4 is 9.47 Å². The molecule has 3 rings (SSSR count). The fraction of sp³-hybridized carbons (Fsp3) is 0.444. The number of carbonyl (C=O) groups excluding carboxylic acids is 1. The third-order valence-corrected chi connectivity index (χ3v) is 5.43. The Morgan fingerprint density at radius 3 is 2.79 bits per heavy atom. The first-order valence-electron chi connectivity index (χ1n) is 8.10. The first-order chi connectivity index (χ1) is 11.6. The minimum atomic E-state index is -0.0177. The number of rotatable bonds is 5. The van der Waals surface area contributed by atoms with Crippen LogP contribution in [0.4, 0.5) is 0 Å². The highest BCUT2D eigenvalue weighted by molar-refractivity contribution is 7.09. The molecule has 1 aromatic heterocycles. The highest BCUT2D eigenvalue weighted by Gasteiger charge is 2.20. The number of hydrogen-bond donors (Lipinski definition) is 0. The van der Waals surface area contributed by atoms with Crippen LogP contribution in [0.25, 0.3) is 0 Å². The van der Waals surface area contributed by atoms with E-state index in [1.165, 1.54) is 4.88 Å². The van der Waals surface area contributed by atoms with E-state index in [4.69, 9.17) is 9.47 Å². The standard InChI is InChI=1S/C18H22N2O3S/c1-12-17(24-11-19-12)6-7-18(21)20(3)13(2)14-4-5-15-16(10-14)23-9-8-22-15/h4-5,10-11,13H,6-9H2,1-3H3/t13-/m1/s1. The Kier molecular flexibility index (Phi) is 5.04. The van der Waals surface area contributed by atoms with E-state index in [2.05, 4.69) is 4.98 Å². The molecule has 1 aliphatic heterocycles. The van der Waals surface area contributed by atoms with Crippen molar-refractivity contribution in [3.05, 3.63) is 39.8 Å². The Morgan fingerprint density at radius 2 is 2.08 bits per heavy atom. The van der Waals surface area contributed by atoms with Gasteiger partial charge in [-0.1, -0.05) is 6.07 Å². The number of fused-ring (bicyclic) bond motifs is 1. The van der Waals surface area contributed by atoms with Crippen LogP contribution in [-0.4, -0.2) is 36.1 Å². The van der Waals surface area contributed by atoms with Gasteiger partial charge in [-0.25, -0.2) is 4.98 Å². The molecular weight excluding hydrogens is 324 g/mol. The summed E-state index contributed by atoms with van der Waals surface area (Å²) in [5.41, 5.74) is 3.90. The summed E-state index contributed by atoms with van der Waals surface area (Å²) in [5, 5.41) is 0. The summed E-state index contributed by atoms with van der Waals surface area (Å²) in [7, 11) is 1.85. The van der Waals surface area contributed by atoms with Gasteiger partial charge >= 0.3 is 0 Å². The number of hydrogen-bond acceptors (Lipinski definition) is 5. The third kappa shape index (κ3) is 3.53. The molecule has 0 saturated heterocycles. The van der Waals surface area contributed by atoms with Gasteiger partial charge < -0.3 is 14.4 Å². The summed E-state index contributed by atoms with van der Waals surface area (Å²) in [6, 6.07) is 5.86. The van der Waals surface area contributed by atoms with E-state index in [1.807, 2.05) is 44.6 Å². The Hall–Kier alpha value is -2.08. The number of thiazole rings is 1. The molecule has 0 fully saturated rings. The molecule has 2 aromatic rings. The van der Waals surface area contributed by atoms with Crippen molar-refractivity contribution in [3.8, 4) is 11.5 Å². The lowest BCUT2D eigenvalue weighted by Crippen LogP contribution is -2.30. The fourth-order valence-electron chi connectivity index (χ4n) is 2.72. The highest BCUT2D eigenvalue weighted by atomic mass is 32.1. The van der Waals surface area contributed by atoms with Crippen molar-refractivity contribution < 1.29 is 14.3 Å². The molecule has 0 unspecified atom stereocenters. The van der Waals surface area contributed by atoms with E-state index in [0.29, 0.717) is 19.6 Å². The lowest BCUT2D eigenvalue weighted by Gasteiger charge is -2.27. The average molecular weight is 346 g/mol. The predicted octanol–water partition coefficient (Wildman–Crippen LogP) is 3.37. The van der Waals surface area contributed by atoms with Gasteiger partial charge in [-0.15, -0.1) is 11.3 Å². The molecule has 5 nitrogen and oxygen atoms in total. The molecular formula is C18H22N2O3S. The summed E-state index contributed by atoms with van der Waals surface area (Å²) in [5.74, 6) is 1.66. The van der Waals surface area contributed by atoms with Crippen LogP contribution in [0.15, 0.2) is 23.7 Å². The van der Waals surface area contributed by atoms with Gasteiger partial charge in [-0.3, -0.25) is 4.79 Å². The van der Waals surface area contributed by atoms with Crippen molar-refractivity contribution in [2.45, 2.75) is 32.7 Å². The van der Waals surface area contributed by atoms with Crippen molar-refractivity contribution in [3.63, 3.8) is 0 Å². The van der Waals surface area contributed by atoms with E-state index >= 15 is 0 Å². The van der Waals surface area contributed by atoms with E-state index in [1.54, 1.807) is 16.2 Å². The number of aromatic nitrogens is 1. The molecule has 24 heavy (non-hydrogen) atoms. The van der Waals surface area contributed by atoms with Gasteiger partial charge in [0.05, 0.1) is 17.2 Å². The van der Waals surface area contributed by atoms with Gasteiger partial charge in [0.15, 0.2) is 11.5 Å². The summed E-state index contributed by atoms with van der Waals surface area (Å²) in [6.07, 6.45) is 1.24. The molecule has 0 saturated carbocycles. The zero-order valence-electron chi connectivity index (χ0n) is 14.2. The number of ether oxygens (including phenoxy) is 2. The van der Waals surface area contributed by atoms with Crippen molar-refractivity contribution in [2.24, 2.45) is 0 Å². The summed E-state index contributed by atoms with van der Waals surface area (Å²) < 4.78 is 11.2. The second-order valence-corrected chi connectivity index (χ2v) is 6.88. The zero-order valence-corrected chi connectivity index (χ0v) is 15.1. The molecule has 1 aromatic carbocycles. The fourth-order valence-corrected chi connectivity index (χ4v) is 3.50. The Morgan fingerprint density at radius 1 is 1.33 bits per heavy atom. The maximum absolute atomic E-state index is 12.5. The Bertz CT molecular complexity index is 729. The average Bonchev–Trinajstić information content (AvgIpc) is 3.02. The molecule has 128 valence electrons. The van der Waals surface area contributed by atoms with Crippen LogP contribution in [0.1, 0.15) is 35.5 Å². The SMILES string of the molecule is Cc1ncsc1CCC(=O)N(C)[C@H](C)c1ccc2c(c1)OCCO2. The van der Waals surface area contributed by atoms with Gasteiger partial charge in [0.1, 0.15) is 13.2 Å². The van der Waals surface area contributed by atoms with Gasteiger partial charge in [-0.2, -0.15) is 0 Å². The van der Waals surface area contributed by atoms with Gasteiger partial charge in [0.2, 0.25) is 5.91 Å². The topological polar surface area (TPSA) is 51.7 Å². The quantitative estimate of drug-likeness (QED) is 0.833. The van der Waals surface area contributed by atoms with E-state index in [0.717, 1.165) is 29.2 Å². The van der Waals surface area contributed by atoms with Crippen LogP contribution in [0.3, 0.4) is 0 Å². The molecule has 1 aliphatic rings. The maximum Gasteiger partial charge on any atom is 0.223 e. The van der Waals surface area contributed by atoms with E-state index in [9.17, 15) is 4.79 Å². The van der Waals surface area contributed by atoms with E-state index < -0.39 is 0 Å². The normalized spacial score (nSPS) is 14.3. The minimum Gasteiger partial charge on any atom is -0.486 e. The van der Waals surface area contributed by atoms with Gasteiger partial charge in [0.25, 0.3) is 0 Å². The molecule has 0 bridgehead atoms. The molecule has 0 radical (unpaired) electrons. The summed E-state index contributed by atoms with van der Waals surface area (Å²) >= 11 is 1.61. The van der Waals surface area contributed by atoms with Crippen LogP contribution in [0, 0.1) is 6.92 Å². The molecule has 6 heteroatoms. The van der Waals surface area contributed by atoms with Crippen molar-refractivity contribution in [2.75, 3.05) is 20.3 Å². The van der Waals surface area contributed by atoms with Crippen LogP contribution >= 0.6 is 11.3 Å². The third-order valence-electron chi connectivity index (χ3n) is 4.43. The number of nitrogens with zero attached hydrogens (tertiary/aromatic N) is 2. The van der Waals surface area contributed by atoms with Crippen molar-refractivity contribution in [1.29, 1.82) is 0 Å². The number of amides is 1. The summed E-state index contributed by atoms with van der Waals surface area (Å²) in [6.45, 7) is 5.16. The molecule has 2 heterocycles. The first-order valence-corrected chi connectivity index (χ1v) is 8.98. The maximum atomic E-state index is 12.5. The molecule has 0 N–H and O–H groups in total. The second kappa shape index (κ2) is 7.21. The van der Waals surface area contributed by atoms with Crippen molar-refractivity contribution in [1.82, 2.24) is 9.88 Å². The molecule has 0 spiro atoms. The second-order valence-electron chi connectivity index (χ2n) is 5.94. The van der Waals surface area contributed by atoms with Crippen LogP contribution in [0.2, 0.25) is 0 Å². The lowest BCUT2D eigenvalue weighted by atomic mass is 10.1. The number of benzene rings is 1. The first kappa shape index (κ1) is 16.8. The smallest absolute Gasteiger partial charge is 0.223 e. The minimum absolute atomic E-state index is 0.0177. The number of aryl methyl sites for hydroxylation is 2. The van der Waals surface area contributed by atoms with Crippen LogP contribution in [-0.2, 0) is 11.2 Å². The van der Waals surface area contributed by atoms with Gasteiger partial charge in [-0.05, 0) is 38.0 Å². The largest absolute Gasteiger partial charge is 0.486 e. The zero-order chi connectivity index (χ0) is 17.1. The Labute approximate surface area is 146 Å². The highest BCUT2D eigenvalue weighted by Crippen LogP contribution is 2.33. The number of carbonyl (C=O) groups is 1. The lowest BCUT2D eigenvalue weighted by molar-refractivity contribution is -0.131. The predicted molar refractivity (Wildman–Crippen MR) is 93.8 cm³/mol. The summed E-state index contributed by atoms with van der Waals surface area (Å²) in [4.78, 5) is 19.7. The molecule has 1 atom stereocenters. The molecule has 0 aliphatic carbocycles. The van der Waals surface area contributed by atoms with Crippen molar-refractivity contribution >= 4 is 17.2 Å².